The van der Waals surface area contributed by atoms with Crippen molar-refractivity contribution in [2.75, 3.05) is 6.61 Å². The standard InChI is InChI=1S/C10H22O5Si3/c1-6-10(11)12-8-7-9-16-13-17(2,3)15-18(4,5)14-16/h6,16H,1,7-9H2,2-5H3. The highest BCUT2D eigenvalue weighted by atomic mass is 28.5. The van der Waals surface area contributed by atoms with Gasteiger partial charge in [-0.3, -0.25) is 0 Å². The molecule has 0 aromatic heterocycles. The Morgan fingerprint density at radius 2 is 1.83 bits per heavy atom. The van der Waals surface area contributed by atoms with Gasteiger partial charge in [0.25, 0.3) is 0 Å². The number of hydrogen-bond acceptors (Lipinski definition) is 5. The average Bonchev–Trinajstić information content (AvgIpc) is 2.19. The van der Waals surface area contributed by atoms with E-state index < -0.39 is 26.4 Å². The van der Waals surface area contributed by atoms with E-state index in [9.17, 15) is 4.79 Å². The normalized spacial score (nSPS) is 22.4. The Labute approximate surface area is 112 Å². The summed E-state index contributed by atoms with van der Waals surface area (Å²) in [4.78, 5) is 10.9. The lowest BCUT2D eigenvalue weighted by Crippen LogP contribution is -2.59. The van der Waals surface area contributed by atoms with Crippen LogP contribution in [0.2, 0.25) is 32.2 Å². The Balaban J connectivity index is 2.33. The van der Waals surface area contributed by atoms with Crippen molar-refractivity contribution in [3.05, 3.63) is 12.7 Å². The van der Waals surface area contributed by atoms with Crippen LogP contribution in [0.25, 0.3) is 0 Å². The van der Waals surface area contributed by atoms with Gasteiger partial charge in [-0.25, -0.2) is 4.79 Å². The second kappa shape index (κ2) is 6.26. The first kappa shape index (κ1) is 15.8. The topological polar surface area (TPSA) is 54.0 Å². The van der Waals surface area contributed by atoms with E-state index in [0.717, 1.165) is 12.5 Å². The lowest BCUT2D eigenvalue weighted by molar-refractivity contribution is -0.137. The van der Waals surface area contributed by atoms with Crippen LogP contribution in [-0.2, 0) is 21.9 Å². The number of rotatable bonds is 5. The van der Waals surface area contributed by atoms with Crippen molar-refractivity contribution >= 4 is 32.4 Å². The molecular formula is C10H22O5Si3. The van der Waals surface area contributed by atoms with E-state index in [2.05, 4.69) is 32.8 Å². The second-order valence-electron chi connectivity index (χ2n) is 5.08. The number of esters is 1. The molecule has 5 nitrogen and oxygen atoms in total. The molecule has 0 amide bonds. The second-order valence-corrected chi connectivity index (χ2v) is 14.8. The minimum absolute atomic E-state index is 0.380. The molecule has 0 radical (unpaired) electrons. The fourth-order valence-corrected chi connectivity index (χ4v) is 15.0. The minimum atomic E-state index is -2.00. The van der Waals surface area contributed by atoms with Crippen molar-refractivity contribution in [2.24, 2.45) is 0 Å². The number of carbonyl (C=O) groups is 1. The predicted octanol–water partition coefficient (Wildman–Crippen LogP) is 1.79. The Kier molecular flexibility index (Phi) is 5.49. The van der Waals surface area contributed by atoms with E-state index >= 15 is 0 Å². The van der Waals surface area contributed by atoms with Crippen molar-refractivity contribution in [1.82, 2.24) is 0 Å². The molecule has 0 spiro atoms. The zero-order valence-corrected chi connectivity index (χ0v) is 14.7. The summed E-state index contributed by atoms with van der Waals surface area (Å²) in [7, 11) is -5.67. The first-order valence-electron chi connectivity index (χ1n) is 6.09. The van der Waals surface area contributed by atoms with E-state index in [-0.39, 0.29) is 5.97 Å². The van der Waals surface area contributed by atoms with Crippen molar-refractivity contribution in [2.45, 2.75) is 38.7 Å². The summed E-state index contributed by atoms with van der Waals surface area (Å²) in [6.45, 7) is 12.0. The molecule has 1 aliphatic rings. The maximum Gasteiger partial charge on any atom is 0.330 e. The fraction of sp³-hybridized carbons (Fsp3) is 0.700. The molecular weight excluding hydrogens is 284 g/mol. The van der Waals surface area contributed by atoms with Crippen molar-refractivity contribution < 1.29 is 21.9 Å². The molecule has 0 bridgehead atoms. The third kappa shape index (κ3) is 5.59. The van der Waals surface area contributed by atoms with Gasteiger partial charge in [-0.15, -0.1) is 0 Å². The van der Waals surface area contributed by atoms with Gasteiger partial charge >= 0.3 is 32.4 Å². The van der Waals surface area contributed by atoms with Gasteiger partial charge in [-0.05, 0) is 38.7 Å². The van der Waals surface area contributed by atoms with Crippen LogP contribution < -0.4 is 0 Å². The van der Waals surface area contributed by atoms with E-state index in [0.29, 0.717) is 6.61 Å². The van der Waals surface area contributed by atoms with Crippen molar-refractivity contribution in [3.63, 3.8) is 0 Å². The Morgan fingerprint density at radius 1 is 1.28 bits per heavy atom. The lowest BCUT2D eigenvalue weighted by Gasteiger charge is -2.42. The van der Waals surface area contributed by atoms with Crippen molar-refractivity contribution in [3.8, 4) is 0 Å². The minimum Gasteiger partial charge on any atom is -0.463 e. The molecule has 1 saturated heterocycles. The van der Waals surface area contributed by atoms with Crippen LogP contribution in [0.3, 0.4) is 0 Å². The SMILES string of the molecule is C=CC(=O)OCCC[SiH]1O[Si](C)(C)O[Si](C)(C)O1. The molecule has 0 saturated carbocycles. The highest BCUT2D eigenvalue weighted by molar-refractivity contribution is 6.87. The lowest BCUT2D eigenvalue weighted by atomic mass is 10.5. The Bertz CT molecular complexity index is 303. The van der Waals surface area contributed by atoms with Gasteiger partial charge in [0.1, 0.15) is 0 Å². The van der Waals surface area contributed by atoms with Crippen LogP contribution in [-0.4, -0.2) is 39.0 Å². The third-order valence-corrected chi connectivity index (χ3v) is 13.8. The van der Waals surface area contributed by atoms with Crippen LogP contribution in [0.1, 0.15) is 6.42 Å². The summed E-state index contributed by atoms with van der Waals surface area (Å²) in [5, 5.41) is 0. The number of ether oxygens (including phenoxy) is 1. The zero-order chi connectivity index (χ0) is 13.8. The molecule has 18 heavy (non-hydrogen) atoms. The first-order valence-corrected chi connectivity index (χ1v) is 13.5. The summed E-state index contributed by atoms with van der Waals surface area (Å²) in [5.41, 5.74) is 0. The quantitative estimate of drug-likeness (QED) is 0.335. The summed E-state index contributed by atoms with van der Waals surface area (Å²) < 4.78 is 22.8. The third-order valence-electron chi connectivity index (χ3n) is 2.32. The molecule has 8 heteroatoms. The van der Waals surface area contributed by atoms with Gasteiger partial charge in [0.15, 0.2) is 0 Å². The van der Waals surface area contributed by atoms with Gasteiger partial charge in [0.2, 0.25) is 0 Å². The van der Waals surface area contributed by atoms with E-state index in [1.165, 1.54) is 6.08 Å². The monoisotopic (exact) mass is 306 g/mol. The summed E-state index contributed by atoms with van der Waals surface area (Å²) in [6.07, 6.45) is 1.94. The molecule has 0 aromatic carbocycles. The smallest absolute Gasteiger partial charge is 0.330 e. The maximum absolute atomic E-state index is 10.9. The zero-order valence-electron chi connectivity index (χ0n) is 11.5. The predicted molar refractivity (Wildman–Crippen MR) is 75.9 cm³/mol. The van der Waals surface area contributed by atoms with Gasteiger partial charge < -0.3 is 17.1 Å². The van der Waals surface area contributed by atoms with Crippen LogP contribution >= 0.6 is 0 Å². The molecule has 0 aliphatic carbocycles. The average molecular weight is 307 g/mol. The molecule has 1 rings (SSSR count). The molecule has 0 atom stereocenters. The summed E-state index contributed by atoms with van der Waals surface area (Å²) in [6, 6.07) is 0.848. The maximum atomic E-state index is 10.9. The molecule has 1 aliphatic heterocycles. The Hall–Kier alpha value is -0.259. The summed E-state index contributed by atoms with van der Waals surface area (Å²) in [5.74, 6) is -0.380. The molecule has 0 aromatic rings. The highest BCUT2D eigenvalue weighted by Gasteiger charge is 2.45. The molecule has 104 valence electrons. The summed E-state index contributed by atoms with van der Waals surface area (Å²) >= 11 is 0. The number of hydrogen-bond donors (Lipinski definition) is 0. The first-order chi connectivity index (χ1) is 8.24. The van der Waals surface area contributed by atoms with Crippen molar-refractivity contribution in [1.29, 1.82) is 0 Å². The van der Waals surface area contributed by atoms with Gasteiger partial charge in [-0.2, -0.15) is 0 Å². The van der Waals surface area contributed by atoms with E-state index in [1.54, 1.807) is 0 Å². The number of carbonyl (C=O) groups excluding carboxylic acids is 1. The Morgan fingerprint density at radius 3 is 2.33 bits per heavy atom. The van der Waals surface area contributed by atoms with Crippen LogP contribution in [0.4, 0.5) is 0 Å². The highest BCUT2D eigenvalue weighted by Crippen LogP contribution is 2.26. The van der Waals surface area contributed by atoms with Gasteiger partial charge in [0.05, 0.1) is 6.61 Å². The fourth-order valence-electron chi connectivity index (χ4n) is 1.90. The van der Waals surface area contributed by atoms with Gasteiger partial charge in [-0.1, -0.05) is 6.58 Å². The van der Waals surface area contributed by atoms with E-state index in [4.69, 9.17) is 17.1 Å². The molecule has 0 unspecified atom stereocenters. The molecule has 0 N–H and O–H groups in total. The molecule has 1 fully saturated rings. The van der Waals surface area contributed by atoms with Crippen LogP contribution in [0.5, 0.6) is 0 Å². The molecule has 1 heterocycles. The largest absolute Gasteiger partial charge is 0.463 e. The van der Waals surface area contributed by atoms with Crippen LogP contribution in [0.15, 0.2) is 12.7 Å². The van der Waals surface area contributed by atoms with Crippen LogP contribution in [0, 0.1) is 0 Å². The van der Waals surface area contributed by atoms with E-state index in [1.807, 2.05) is 0 Å². The van der Waals surface area contributed by atoms with Gasteiger partial charge in [0, 0.05) is 6.08 Å².